The molecule has 0 bridgehead atoms. The van der Waals surface area contributed by atoms with Crippen LogP contribution in [0.3, 0.4) is 0 Å². The molecule has 0 aromatic carbocycles. The van der Waals surface area contributed by atoms with Gasteiger partial charge in [0.25, 0.3) is 5.56 Å². The average Bonchev–Trinajstić information content (AvgIpc) is 3.21. The van der Waals surface area contributed by atoms with Crippen molar-refractivity contribution in [3.8, 4) is 0 Å². The lowest BCUT2D eigenvalue weighted by molar-refractivity contribution is -0.287. The van der Waals surface area contributed by atoms with Gasteiger partial charge in [0, 0.05) is 46.4 Å². The van der Waals surface area contributed by atoms with Crippen molar-refractivity contribution < 1.29 is 90.3 Å². The standard InChI is InChI=1S/C26H38N2O21P2S/c1-11(29)41-9-15(43-12(2)30)8-16-20(44-13(3)31)19(34)21(45-14(4)32)23(46-16)48-50(38,39)49-51(40,52)42-10-17-22(35)26(5,37)24(47-17)28-7-6-18(33)27-25(28)36/h6-7,15-17,19-24,34-35,37H,8-10H2,1-5H3,(H,38,39)(H,40,52)(H,27,33,36)/t15-,16?,17-,19?,20?,21?,22-,23?,24-,26-,51?/m1/s1. The molecule has 2 aliphatic heterocycles. The Balaban J connectivity index is 1.80. The highest BCUT2D eigenvalue weighted by Crippen LogP contribution is 2.66. The first-order valence-corrected chi connectivity index (χ1v) is 19.2. The van der Waals surface area contributed by atoms with Gasteiger partial charge in [-0.2, -0.15) is 4.31 Å². The molecule has 2 saturated heterocycles. The first kappa shape index (κ1) is 43.4. The number of H-pyrrole nitrogens is 1. The summed E-state index contributed by atoms with van der Waals surface area (Å²) < 4.78 is 72.8. The molecule has 26 heteroatoms. The number of carbonyl (C=O) groups excluding carboxylic acids is 4. The van der Waals surface area contributed by atoms with Gasteiger partial charge in [-0.05, 0) is 6.92 Å². The Morgan fingerprint density at radius 1 is 1.00 bits per heavy atom. The minimum Gasteiger partial charge on any atom is -0.462 e. The second-order valence-corrected chi connectivity index (χ2v) is 16.1. The lowest BCUT2D eigenvalue weighted by Crippen LogP contribution is -2.61. The number of aliphatic hydroxyl groups excluding tert-OH is 2. The van der Waals surface area contributed by atoms with Crippen molar-refractivity contribution in [2.45, 2.75) is 102 Å². The summed E-state index contributed by atoms with van der Waals surface area (Å²) >= 11 is 3.63. The normalized spacial score (nSPS) is 31.7. The third kappa shape index (κ3) is 11.8. The largest absolute Gasteiger partial charge is 0.482 e. The highest BCUT2D eigenvalue weighted by Gasteiger charge is 2.55. The van der Waals surface area contributed by atoms with Crippen LogP contribution in [0.4, 0.5) is 0 Å². The van der Waals surface area contributed by atoms with E-state index in [-0.39, 0.29) is 0 Å². The molecule has 3 heterocycles. The van der Waals surface area contributed by atoms with Crippen molar-refractivity contribution in [2.24, 2.45) is 0 Å². The summed E-state index contributed by atoms with van der Waals surface area (Å²) in [6.45, 7) is -1.51. The van der Waals surface area contributed by atoms with Crippen LogP contribution in [-0.4, -0.2) is 121 Å². The van der Waals surface area contributed by atoms with E-state index in [9.17, 15) is 58.1 Å². The number of hydrogen-bond acceptors (Lipinski definition) is 20. The highest BCUT2D eigenvalue weighted by molar-refractivity contribution is 8.45. The molecule has 2 aliphatic rings. The van der Waals surface area contributed by atoms with Gasteiger partial charge in [-0.15, -0.1) is 0 Å². The second-order valence-electron chi connectivity index (χ2n) is 11.6. The fraction of sp³-hybridized carbons (Fsp3) is 0.692. The summed E-state index contributed by atoms with van der Waals surface area (Å²) in [6, 6.07) is 0.937. The Hall–Kier alpha value is -2.99. The van der Waals surface area contributed by atoms with Crippen molar-refractivity contribution in [2.75, 3.05) is 13.2 Å². The predicted octanol–water partition coefficient (Wildman–Crippen LogP) is -1.43. The fourth-order valence-electron chi connectivity index (χ4n) is 5.14. The monoisotopic (exact) mass is 808 g/mol. The van der Waals surface area contributed by atoms with E-state index in [4.69, 9.17) is 37.5 Å². The van der Waals surface area contributed by atoms with Gasteiger partial charge < -0.3 is 48.6 Å². The number of esters is 4. The Labute approximate surface area is 298 Å². The first-order chi connectivity index (χ1) is 23.9. The van der Waals surface area contributed by atoms with Crippen LogP contribution in [0.25, 0.3) is 0 Å². The van der Waals surface area contributed by atoms with E-state index < -0.39 is 130 Å². The van der Waals surface area contributed by atoms with Crippen LogP contribution in [0.1, 0.15) is 47.3 Å². The zero-order valence-corrected chi connectivity index (χ0v) is 30.7. The van der Waals surface area contributed by atoms with Crippen molar-refractivity contribution in [3.63, 3.8) is 0 Å². The number of phosphoric ester groups is 1. The third-order valence-electron chi connectivity index (χ3n) is 7.23. The molecule has 294 valence electrons. The van der Waals surface area contributed by atoms with E-state index in [0.29, 0.717) is 0 Å². The Morgan fingerprint density at radius 3 is 2.17 bits per heavy atom. The van der Waals surface area contributed by atoms with Crippen LogP contribution in [0, 0.1) is 0 Å². The number of carbonyl (C=O) groups is 4. The molecule has 7 unspecified atom stereocenters. The summed E-state index contributed by atoms with van der Waals surface area (Å²) in [4.78, 5) is 83.1. The SMILES string of the molecule is CC(=O)OC[C@@H](CC1OC(OP(=O)(O)OP(=O)(S)OC[C@H]2O[C@@H](n3ccc(=O)[nH]c3=O)[C@](C)(O)[C@@H]2O)C(OC(C)=O)C(O)C1OC(C)=O)OC(C)=O. The van der Waals surface area contributed by atoms with Gasteiger partial charge in [-0.1, -0.05) is 12.2 Å². The highest BCUT2D eigenvalue weighted by atomic mass is 32.7. The number of aromatic amines is 1. The Kier molecular flexibility index (Phi) is 14.6. The van der Waals surface area contributed by atoms with Gasteiger partial charge in [-0.3, -0.25) is 42.6 Å². The molecule has 5 N–H and O–H groups in total. The van der Waals surface area contributed by atoms with Crippen molar-refractivity contribution in [1.29, 1.82) is 0 Å². The van der Waals surface area contributed by atoms with Crippen molar-refractivity contribution in [1.82, 2.24) is 9.55 Å². The van der Waals surface area contributed by atoms with E-state index in [1.54, 1.807) is 0 Å². The van der Waals surface area contributed by atoms with Crippen molar-refractivity contribution >= 4 is 50.7 Å². The van der Waals surface area contributed by atoms with Crippen LogP contribution in [0.5, 0.6) is 0 Å². The Bertz CT molecular complexity index is 1700. The number of thiol groups is 1. The molecule has 0 spiro atoms. The van der Waals surface area contributed by atoms with Crippen LogP contribution in [-0.2, 0) is 70.1 Å². The summed E-state index contributed by atoms with van der Waals surface area (Å²) in [6.07, 6.45) is -15.5. The van der Waals surface area contributed by atoms with E-state index in [1.807, 2.05) is 4.98 Å². The molecule has 0 aliphatic carbocycles. The van der Waals surface area contributed by atoms with Crippen LogP contribution < -0.4 is 11.2 Å². The molecule has 1 aromatic rings. The molecule has 1 aromatic heterocycles. The third-order valence-corrected chi connectivity index (χ3v) is 10.8. The lowest BCUT2D eigenvalue weighted by atomic mass is 9.94. The maximum Gasteiger partial charge on any atom is 0.482 e. The van der Waals surface area contributed by atoms with Gasteiger partial charge in [0.1, 0.15) is 42.7 Å². The number of nitrogens with zero attached hydrogens (tertiary/aromatic N) is 1. The van der Waals surface area contributed by atoms with E-state index in [2.05, 4.69) is 16.6 Å². The van der Waals surface area contributed by atoms with Crippen LogP contribution in [0.15, 0.2) is 21.9 Å². The molecule has 0 radical (unpaired) electrons. The number of aliphatic hydroxyl groups is 3. The summed E-state index contributed by atoms with van der Waals surface area (Å²) in [7, 11) is -5.71. The number of ether oxygens (including phenoxy) is 6. The second kappa shape index (κ2) is 17.4. The number of phosphoric acid groups is 1. The summed E-state index contributed by atoms with van der Waals surface area (Å²) in [5.41, 5.74) is -3.98. The number of rotatable bonds is 15. The smallest absolute Gasteiger partial charge is 0.462 e. The minimum atomic E-state index is -5.71. The molecule has 0 amide bonds. The van der Waals surface area contributed by atoms with Crippen molar-refractivity contribution in [3.05, 3.63) is 33.1 Å². The molecule has 52 heavy (non-hydrogen) atoms. The van der Waals surface area contributed by atoms with E-state index in [1.165, 1.54) is 0 Å². The number of hydrogen-bond donors (Lipinski definition) is 6. The molecule has 3 rings (SSSR count). The predicted molar refractivity (Wildman–Crippen MR) is 169 cm³/mol. The molecule has 2 fully saturated rings. The summed E-state index contributed by atoms with van der Waals surface area (Å²) in [5.74, 6) is -3.67. The van der Waals surface area contributed by atoms with Crippen LogP contribution in [0.2, 0.25) is 0 Å². The van der Waals surface area contributed by atoms with E-state index in [0.717, 1.165) is 51.4 Å². The number of nitrogens with one attached hydrogen (secondary N) is 1. The minimum absolute atomic E-state index is 0.515. The van der Waals surface area contributed by atoms with Gasteiger partial charge in [0.15, 0.2) is 18.4 Å². The maximum atomic E-state index is 13.1. The maximum absolute atomic E-state index is 13.1. The molecule has 12 atom stereocenters. The van der Waals surface area contributed by atoms with E-state index >= 15 is 0 Å². The number of aromatic nitrogens is 2. The molecular weight excluding hydrogens is 770 g/mol. The first-order valence-electron chi connectivity index (χ1n) is 15.0. The van der Waals surface area contributed by atoms with Gasteiger partial charge in [0.05, 0.1) is 6.61 Å². The lowest BCUT2D eigenvalue weighted by Gasteiger charge is -2.43. The van der Waals surface area contributed by atoms with Gasteiger partial charge in [0.2, 0.25) is 6.29 Å². The quantitative estimate of drug-likeness (QED) is 0.0512. The zero-order chi connectivity index (χ0) is 39.3. The fourth-order valence-corrected chi connectivity index (χ4v) is 8.32. The zero-order valence-electron chi connectivity index (χ0n) is 28.0. The molecule has 23 nitrogen and oxygen atoms in total. The Morgan fingerprint density at radius 2 is 1.62 bits per heavy atom. The van der Waals surface area contributed by atoms with Gasteiger partial charge >= 0.3 is 44.2 Å². The molecule has 0 saturated carbocycles. The summed E-state index contributed by atoms with van der Waals surface area (Å²) in [5, 5.41) is 32.6. The van der Waals surface area contributed by atoms with Gasteiger partial charge in [-0.25, -0.2) is 13.9 Å². The average molecular weight is 809 g/mol. The topological polar surface area (TPSA) is 321 Å². The molecular formula is C26H38N2O21P2S. The van der Waals surface area contributed by atoms with Crippen LogP contribution >= 0.6 is 26.9 Å².